The van der Waals surface area contributed by atoms with E-state index in [-0.39, 0.29) is 5.92 Å². The number of amides is 1. The fourth-order valence-electron chi connectivity index (χ4n) is 1.83. The first kappa shape index (κ1) is 11.6. The van der Waals surface area contributed by atoms with Gasteiger partial charge in [0.05, 0.1) is 5.69 Å². The van der Waals surface area contributed by atoms with Gasteiger partial charge in [-0.05, 0) is 32.6 Å². The van der Waals surface area contributed by atoms with Gasteiger partial charge >= 0.3 is 5.97 Å². The lowest BCUT2D eigenvalue weighted by molar-refractivity contribution is -0.139. The third-order valence-electron chi connectivity index (χ3n) is 2.91. The molecule has 6 heteroatoms. The summed E-state index contributed by atoms with van der Waals surface area (Å²) in [5, 5.41) is 15.2. The molecule has 2 rings (SSSR count). The zero-order chi connectivity index (χ0) is 12.6. The molecule has 0 aromatic carbocycles. The average Bonchev–Trinajstić information content (AvgIpc) is 3.02. The highest BCUT2D eigenvalue weighted by Crippen LogP contribution is 2.33. The number of carboxylic acid groups (broad SMARTS) is 1. The quantitative estimate of drug-likeness (QED) is 0.812. The molecule has 0 radical (unpaired) electrons. The first-order chi connectivity index (χ1) is 8.00. The Bertz CT molecular complexity index is 443. The molecule has 0 aliphatic heterocycles. The van der Waals surface area contributed by atoms with Crippen molar-refractivity contribution < 1.29 is 19.2 Å². The number of nitrogens with zero attached hydrogens (tertiary/aromatic N) is 1. The Kier molecular flexibility index (Phi) is 2.87. The Labute approximate surface area is 98.0 Å². The van der Waals surface area contributed by atoms with Crippen LogP contribution in [0.15, 0.2) is 4.52 Å². The summed E-state index contributed by atoms with van der Waals surface area (Å²) < 4.78 is 4.88. The van der Waals surface area contributed by atoms with Crippen molar-refractivity contribution in [3.8, 4) is 0 Å². The number of nitrogens with one attached hydrogen (secondary N) is 1. The van der Waals surface area contributed by atoms with Crippen molar-refractivity contribution in [1.82, 2.24) is 10.5 Å². The number of hydrogen-bond donors (Lipinski definition) is 2. The lowest BCUT2D eigenvalue weighted by atomic mass is 10.1. The Balaban J connectivity index is 2.13. The van der Waals surface area contributed by atoms with E-state index in [9.17, 15) is 9.59 Å². The van der Waals surface area contributed by atoms with Gasteiger partial charge < -0.3 is 14.9 Å². The molecule has 1 amide bonds. The van der Waals surface area contributed by atoms with Crippen LogP contribution in [0.25, 0.3) is 0 Å². The molecule has 0 spiro atoms. The van der Waals surface area contributed by atoms with E-state index < -0.39 is 17.9 Å². The van der Waals surface area contributed by atoms with Crippen LogP contribution in [-0.4, -0.2) is 28.2 Å². The SMILES string of the molecule is Cc1noc(C)c1C(=O)NC(C(=O)O)C1CC1. The molecular formula is C11H14N2O4. The predicted molar refractivity (Wildman–Crippen MR) is 57.6 cm³/mol. The first-order valence-corrected chi connectivity index (χ1v) is 5.47. The van der Waals surface area contributed by atoms with E-state index in [1.54, 1.807) is 13.8 Å². The molecule has 1 heterocycles. The Hall–Kier alpha value is -1.85. The molecule has 1 saturated carbocycles. The van der Waals surface area contributed by atoms with Crippen molar-refractivity contribution in [1.29, 1.82) is 0 Å². The number of rotatable bonds is 4. The van der Waals surface area contributed by atoms with Crippen LogP contribution in [0.2, 0.25) is 0 Å². The van der Waals surface area contributed by atoms with Crippen molar-refractivity contribution in [2.45, 2.75) is 32.7 Å². The van der Waals surface area contributed by atoms with Gasteiger partial charge in [-0.25, -0.2) is 4.79 Å². The summed E-state index contributed by atoms with van der Waals surface area (Å²) in [6.07, 6.45) is 1.69. The van der Waals surface area contributed by atoms with Gasteiger partial charge in [0.2, 0.25) is 0 Å². The van der Waals surface area contributed by atoms with Crippen molar-refractivity contribution >= 4 is 11.9 Å². The summed E-state index contributed by atoms with van der Waals surface area (Å²) >= 11 is 0. The zero-order valence-corrected chi connectivity index (χ0v) is 9.69. The largest absolute Gasteiger partial charge is 0.480 e. The van der Waals surface area contributed by atoms with Gasteiger partial charge in [0.15, 0.2) is 0 Å². The van der Waals surface area contributed by atoms with Crippen LogP contribution >= 0.6 is 0 Å². The number of aryl methyl sites for hydroxylation is 2. The van der Waals surface area contributed by atoms with Crippen LogP contribution < -0.4 is 5.32 Å². The highest BCUT2D eigenvalue weighted by molar-refractivity contribution is 5.98. The minimum Gasteiger partial charge on any atom is -0.480 e. The molecule has 17 heavy (non-hydrogen) atoms. The third-order valence-corrected chi connectivity index (χ3v) is 2.91. The van der Waals surface area contributed by atoms with Gasteiger partial charge in [-0.3, -0.25) is 4.79 Å². The molecule has 1 aliphatic rings. The van der Waals surface area contributed by atoms with Crippen molar-refractivity contribution in [3.63, 3.8) is 0 Å². The number of carboxylic acids is 1. The summed E-state index contributed by atoms with van der Waals surface area (Å²) in [5.74, 6) is -0.968. The topological polar surface area (TPSA) is 92.4 Å². The number of carbonyl (C=O) groups is 2. The summed E-state index contributed by atoms with van der Waals surface area (Å²) in [6.45, 7) is 3.28. The Morgan fingerprint density at radius 2 is 2.12 bits per heavy atom. The minimum atomic E-state index is -0.993. The lowest BCUT2D eigenvalue weighted by Gasteiger charge is -2.13. The maximum atomic E-state index is 11.9. The van der Waals surface area contributed by atoms with Gasteiger partial charge in [-0.15, -0.1) is 0 Å². The van der Waals surface area contributed by atoms with Crippen LogP contribution in [0.3, 0.4) is 0 Å². The van der Waals surface area contributed by atoms with E-state index in [2.05, 4.69) is 10.5 Å². The summed E-state index contributed by atoms with van der Waals surface area (Å²) in [5.41, 5.74) is 0.803. The molecule has 1 aliphatic carbocycles. The second-order valence-electron chi connectivity index (χ2n) is 4.33. The van der Waals surface area contributed by atoms with Crippen LogP contribution in [0.1, 0.15) is 34.7 Å². The van der Waals surface area contributed by atoms with E-state index in [1.807, 2.05) is 0 Å². The Morgan fingerprint density at radius 1 is 1.47 bits per heavy atom. The second-order valence-corrected chi connectivity index (χ2v) is 4.33. The summed E-state index contributed by atoms with van der Waals surface area (Å²) in [4.78, 5) is 22.9. The molecule has 0 bridgehead atoms. The number of aliphatic carboxylic acids is 1. The van der Waals surface area contributed by atoms with Crippen LogP contribution in [0, 0.1) is 19.8 Å². The molecule has 1 aromatic rings. The van der Waals surface area contributed by atoms with Gasteiger partial charge in [0.1, 0.15) is 17.4 Å². The molecule has 6 nitrogen and oxygen atoms in total. The van der Waals surface area contributed by atoms with Gasteiger partial charge in [-0.1, -0.05) is 5.16 Å². The number of aromatic nitrogens is 1. The monoisotopic (exact) mass is 238 g/mol. The second kappa shape index (κ2) is 4.20. The van der Waals surface area contributed by atoms with Gasteiger partial charge in [-0.2, -0.15) is 0 Å². The Morgan fingerprint density at radius 3 is 2.53 bits per heavy atom. The molecule has 1 atom stereocenters. The fourth-order valence-corrected chi connectivity index (χ4v) is 1.83. The molecule has 1 fully saturated rings. The first-order valence-electron chi connectivity index (χ1n) is 5.47. The summed E-state index contributed by atoms with van der Waals surface area (Å²) in [7, 11) is 0. The van der Waals surface area contributed by atoms with E-state index in [4.69, 9.17) is 9.63 Å². The third kappa shape index (κ3) is 2.30. The fraction of sp³-hybridized carbons (Fsp3) is 0.545. The van der Waals surface area contributed by atoms with Crippen LogP contribution in [0.5, 0.6) is 0 Å². The van der Waals surface area contributed by atoms with Gasteiger partial charge in [0.25, 0.3) is 5.91 Å². The van der Waals surface area contributed by atoms with Crippen LogP contribution in [0.4, 0.5) is 0 Å². The number of hydrogen-bond acceptors (Lipinski definition) is 4. The van der Waals surface area contributed by atoms with E-state index in [0.29, 0.717) is 17.0 Å². The zero-order valence-electron chi connectivity index (χ0n) is 9.69. The van der Waals surface area contributed by atoms with Gasteiger partial charge in [0, 0.05) is 0 Å². The molecule has 2 N–H and O–H groups in total. The van der Waals surface area contributed by atoms with Crippen molar-refractivity contribution in [2.24, 2.45) is 5.92 Å². The highest BCUT2D eigenvalue weighted by atomic mass is 16.5. The lowest BCUT2D eigenvalue weighted by Crippen LogP contribution is -2.42. The van der Waals surface area contributed by atoms with E-state index >= 15 is 0 Å². The maximum absolute atomic E-state index is 11.9. The smallest absolute Gasteiger partial charge is 0.326 e. The normalized spacial score (nSPS) is 16.6. The van der Waals surface area contributed by atoms with E-state index in [0.717, 1.165) is 12.8 Å². The maximum Gasteiger partial charge on any atom is 0.326 e. The summed E-state index contributed by atoms with van der Waals surface area (Å²) in [6, 6.07) is -0.809. The van der Waals surface area contributed by atoms with E-state index in [1.165, 1.54) is 0 Å². The van der Waals surface area contributed by atoms with Crippen molar-refractivity contribution in [2.75, 3.05) is 0 Å². The number of carbonyl (C=O) groups excluding carboxylic acids is 1. The van der Waals surface area contributed by atoms with Crippen LogP contribution in [-0.2, 0) is 4.79 Å². The highest BCUT2D eigenvalue weighted by Gasteiger charge is 2.38. The predicted octanol–water partition coefficient (Wildman–Crippen LogP) is 0.884. The molecule has 0 saturated heterocycles. The molecule has 1 unspecified atom stereocenters. The minimum absolute atomic E-state index is 0.0527. The molecular weight excluding hydrogens is 224 g/mol. The molecule has 1 aromatic heterocycles. The standard InChI is InChI=1S/C11H14N2O4/c1-5-8(6(2)17-13-5)10(14)12-9(11(15)16)7-3-4-7/h7,9H,3-4H2,1-2H3,(H,12,14)(H,15,16). The molecule has 92 valence electrons. The van der Waals surface area contributed by atoms with Crippen molar-refractivity contribution in [3.05, 3.63) is 17.0 Å². The average molecular weight is 238 g/mol.